The first-order valence-corrected chi connectivity index (χ1v) is 9.74. The zero-order valence-electron chi connectivity index (χ0n) is 15.5. The van der Waals surface area contributed by atoms with Gasteiger partial charge >= 0.3 is 0 Å². The predicted molar refractivity (Wildman–Crippen MR) is 111 cm³/mol. The quantitative estimate of drug-likeness (QED) is 0.703. The van der Waals surface area contributed by atoms with Gasteiger partial charge in [0, 0.05) is 30.2 Å². The van der Waals surface area contributed by atoms with Crippen molar-refractivity contribution in [1.82, 2.24) is 19.7 Å². The van der Waals surface area contributed by atoms with Crippen LogP contribution in [-0.2, 0) is 6.54 Å². The van der Waals surface area contributed by atoms with E-state index in [0.29, 0.717) is 28.7 Å². The van der Waals surface area contributed by atoms with Gasteiger partial charge in [0.15, 0.2) is 0 Å². The van der Waals surface area contributed by atoms with Crippen molar-refractivity contribution in [3.8, 4) is 5.69 Å². The monoisotopic (exact) mass is 407 g/mol. The maximum atomic E-state index is 12.8. The number of halogens is 1. The largest absolute Gasteiger partial charge is 0.354 e. The number of nitrogens with one attached hydrogen (secondary N) is 1. The van der Waals surface area contributed by atoms with Crippen molar-refractivity contribution < 1.29 is 4.79 Å². The number of guanidine groups is 1. The van der Waals surface area contributed by atoms with Gasteiger partial charge in [-0.3, -0.25) is 19.3 Å². The first-order valence-electron chi connectivity index (χ1n) is 9.36. The van der Waals surface area contributed by atoms with E-state index in [0.717, 1.165) is 31.3 Å². The number of hydrogen-bond donors (Lipinski definition) is 1. The van der Waals surface area contributed by atoms with E-state index in [9.17, 15) is 4.79 Å². The van der Waals surface area contributed by atoms with Gasteiger partial charge in [0.25, 0.3) is 5.91 Å². The van der Waals surface area contributed by atoms with Crippen molar-refractivity contribution in [1.29, 1.82) is 0 Å². The molecule has 1 N–H and O–H groups in total. The third-order valence-electron chi connectivity index (χ3n) is 4.86. The number of aromatic nitrogens is 3. The van der Waals surface area contributed by atoms with Gasteiger partial charge in [-0.15, -0.1) is 5.10 Å². The molecule has 0 radical (unpaired) electrons. The zero-order chi connectivity index (χ0) is 19.8. The summed E-state index contributed by atoms with van der Waals surface area (Å²) in [5.74, 6) is 1.18. The highest BCUT2D eigenvalue weighted by Gasteiger charge is 2.29. The Balaban J connectivity index is 1.64. The number of carbonyl (C=O) groups is 1. The molecule has 0 saturated carbocycles. The number of rotatable bonds is 2. The fourth-order valence-corrected chi connectivity index (χ4v) is 3.58. The average Bonchev–Trinajstić information content (AvgIpc) is 3.47. The molecule has 146 valence electrons. The number of para-hydroxylation sites is 1. The molecule has 2 aliphatic rings. The van der Waals surface area contributed by atoms with Gasteiger partial charge in [-0.05, 0) is 36.4 Å². The molecule has 1 aromatic heterocycles. The average molecular weight is 408 g/mol. The Morgan fingerprint density at radius 1 is 1.07 bits per heavy atom. The van der Waals surface area contributed by atoms with E-state index in [1.807, 2.05) is 39.8 Å². The van der Waals surface area contributed by atoms with Crippen LogP contribution in [0.15, 0.2) is 64.6 Å². The molecule has 2 aliphatic heterocycles. The molecule has 5 rings (SSSR count). The molecular formula is C20H18ClN7O. The number of benzene rings is 2. The first-order chi connectivity index (χ1) is 14.2. The van der Waals surface area contributed by atoms with Gasteiger partial charge in [-0.2, -0.15) is 9.67 Å². The van der Waals surface area contributed by atoms with Crippen molar-refractivity contribution in [2.24, 2.45) is 9.98 Å². The topological polar surface area (TPSA) is 79.8 Å². The smallest absolute Gasteiger partial charge is 0.280 e. The van der Waals surface area contributed by atoms with Crippen molar-refractivity contribution in [3.63, 3.8) is 0 Å². The van der Waals surface area contributed by atoms with Crippen LogP contribution >= 0.6 is 11.6 Å². The Morgan fingerprint density at radius 3 is 2.59 bits per heavy atom. The van der Waals surface area contributed by atoms with Crippen LogP contribution in [-0.4, -0.2) is 45.8 Å². The summed E-state index contributed by atoms with van der Waals surface area (Å²) >= 11 is 5.94. The van der Waals surface area contributed by atoms with Gasteiger partial charge in [0.05, 0.1) is 12.2 Å². The van der Waals surface area contributed by atoms with Gasteiger partial charge in [-0.25, -0.2) is 0 Å². The van der Waals surface area contributed by atoms with Gasteiger partial charge < -0.3 is 5.32 Å². The number of fused-ring (bicyclic) bond motifs is 1. The van der Waals surface area contributed by atoms with E-state index in [1.165, 1.54) is 0 Å². The summed E-state index contributed by atoms with van der Waals surface area (Å²) in [6.07, 6.45) is 0. The molecule has 9 heteroatoms. The van der Waals surface area contributed by atoms with E-state index in [4.69, 9.17) is 16.7 Å². The third kappa shape index (κ3) is 3.21. The number of hydrogen-bond acceptors (Lipinski definition) is 5. The Morgan fingerprint density at radius 2 is 1.86 bits per heavy atom. The lowest BCUT2D eigenvalue weighted by Gasteiger charge is -2.15. The highest BCUT2D eigenvalue weighted by atomic mass is 35.5. The predicted octanol–water partition coefficient (Wildman–Crippen LogP) is 1.85. The lowest BCUT2D eigenvalue weighted by molar-refractivity contribution is 0.0996. The zero-order valence-corrected chi connectivity index (χ0v) is 16.3. The molecule has 0 aliphatic carbocycles. The molecule has 3 aromatic rings. The summed E-state index contributed by atoms with van der Waals surface area (Å²) in [5, 5.41) is 8.62. The Bertz CT molecular complexity index is 1160. The van der Waals surface area contributed by atoms with Crippen LogP contribution in [0.1, 0.15) is 10.4 Å². The Kier molecular flexibility index (Phi) is 4.40. The number of amides is 1. The molecule has 0 bridgehead atoms. The summed E-state index contributed by atoms with van der Waals surface area (Å²) in [6.45, 7) is 2.95. The van der Waals surface area contributed by atoms with Gasteiger partial charge in [-0.1, -0.05) is 29.8 Å². The normalized spacial score (nSPS) is 16.0. The Labute approximate surface area is 171 Å². The minimum absolute atomic E-state index is 0.344. The first kappa shape index (κ1) is 17.7. The Hall–Kier alpha value is -3.39. The maximum absolute atomic E-state index is 12.8. The van der Waals surface area contributed by atoms with E-state index in [2.05, 4.69) is 15.3 Å². The van der Waals surface area contributed by atoms with Crippen molar-refractivity contribution in [3.05, 3.63) is 70.8 Å². The SMILES string of the molecule is O=C(N=c1n(-c2ccccc2)nc2n1CCN2C1=NCCN1)c1ccc(Cl)cc1. The number of nitrogens with zero attached hydrogens (tertiary/aromatic N) is 6. The molecule has 0 saturated heterocycles. The maximum Gasteiger partial charge on any atom is 0.280 e. The van der Waals surface area contributed by atoms with Crippen LogP contribution in [0.3, 0.4) is 0 Å². The minimum Gasteiger partial charge on any atom is -0.354 e. The fraction of sp³-hybridized carbons (Fsp3) is 0.200. The van der Waals surface area contributed by atoms with E-state index >= 15 is 0 Å². The van der Waals surface area contributed by atoms with Crippen molar-refractivity contribution in [2.45, 2.75) is 6.54 Å². The van der Waals surface area contributed by atoms with E-state index in [1.54, 1.807) is 28.9 Å². The second kappa shape index (κ2) is 7.21. The number of carbonyl (C=O) groups excluding carboxylic acids is 1. The molecule has 8 nitrogen and oxygen atoms in total. The number of anilines is 1. The molecule has 3 heterocycles. The minimum atomic E-state index is -0.344. The van der Waals surface area contributed by atoms with Crippen LogP contribution in [0, 0.1) is 0 Å². The molecule has 0 atom stereocenters. The molecule has 2 aromatic carbocycles. The van der Waals surface area contributed by atoms with Crippen LogP contribution in [0.4, 0.5) is 5.95 Å². The fourth-order valence-electron chi connectivity index (χ4n) is 3.46. The van der Waals surface area contributed by atoms with Crippen molar-refractivity contribution >= 4 is 29.4 Å². The molecular weight excluding hydrogens is 390 g/mol. The lowest BCUT2D eigenvalue weighted by atomic mass is 10.2. The summed E-state index contributed by atoms with van der Waals surface area (Å²) in [5.41, 5.74) is 1.78. The summed E-state index contributed by atoms with van der Waals surface area (Å²) in [4.78, 5) is 23.8. The molecule has 29 heavy (non-hydrogen) atoms. The number of aliphatic imine (C=N–C) groups is 1. The second-order valence-electron chi connectivity index (χ2n) is 6.71. The summed E-state index contributed by atoms with van der Waals surface area (Å²) in [6, 6.07) is 16.4. The highest BCUT2D eigenvalue weighted by Crippen LogP contribution is 2.19. The molecule has 0 spiro atoms. The third-order valence-corrected chi connectivity index (χ3v) is 5.11. The lowest BCUT2D eigenvalue weighted by Crippen LogP contribution is -2.38. The van der Waals surface area contributed by atoms with Crippen LogP contribution in [0.25, 0.3) is 5.69 Å². The van der Waals surface area contributed by atoms with Crippen LogP contribution < -0.4 is 15.8 Å². The van der Waals surface area contributed by atoms with E-state index in [-0.39, 0.29) is 5.91 Å². The van der Waals surface area contributed by atoms with Crippen LogP contribution in [0.5, 0.6) is 0 Å². The summed E-state index contributed by atoms with van der Waals surface area (Å²) < 4.78 is 3.65. The van der Waals surface area contributed by atoms with Crippen molar-refractivity contribution in [2.75, 3.05) is 24.5 Å². The second-order valence-corrected chi connectivity index (χ2v) is 7.14. The van der Waals surface area contributed by atoms with Gasteiger partial charge in [0.1, 0.15) is 0 Å². The van der Waals surface area contributed by atoms with Gasteiger partial charge in [0.2, 0.25) is 17.5 Å². The molecule has 0 fully saturated rings. The van der Waals surface area contributed by atoms with Crippen LogP contribution in [0.2, 0.25) is 5.02 Å². The summed E-state index contributed by atoms with van der Waals surface area (Å²) in [7, 11) is 0. The molecule has 0 unspecified atom stereocenters. The highest BCUT2D eigenvalue weighted by molar-refractivity contribution is 6.30. The van der Waals surface area contributed by atoms with E-state index < -0.39 is 0 Å². The standard InChI is InChI=1S/C20H18ClN7O/c21-15-8-6-14(7-9-15)17(29)24-19-27-13-12-26(18-22-10-11-23-18)20(27)25-28(19)16-4-2-1-3-5-16/h1-9H,10-13H2,(H,22,23). The molecule has 1 amide bonds.